The van der Waals surface area contributed by atoms with Gasteiger partial charge in [-0.05, 0) is 37.8 Å². The third kappa shape index (κ3) is 3.31. The number of nitrogens with zero attached hydrogens (tertiary/aromatic N) is 1. The van der Waals surface area contributed by atoms with Crippen LogP contribution in [-0.4, -0.2) is 36.6 Å². The normalized spacial score (nSPS) is 19.1. The van der Waals surface area contributed by atoms with Gasteiger partial charge in [0.05, 0.1) is 11.7 Å². The van der Waals surface area contributed by atoms with E-state index < -0.39 is 0 Å². The summed E-state index contributed by atoms with van der Waals surface area (Å²) in [7, 11) is 0. The number of carbonyl (C=O) groups excluding carboxylic acids is 1. The van der Waals surface area contributed by atoms with Crippen molar-refractivity contribution in [1.82, 2.24) is 4.90 Å². The molecule has 1 saturated heterocycles. The second-order valence-corrected chi connectivity index (χ2v) is 5.43. The molecule has 0 spiro atoms. The minimum atomic E-state index is 0.0328. The Balaban J connectivity index is 2.08. The minimum Gasteiger partial charge on any atom is -0.398 e. The van der Waals surface area contributed by atoms with Crippen molar-refractivity contribution in [2.75, 3.05) is 25.4 Å². The molecule has 1 aliphatic heterocycles. The number of likely N-dealkylation sites (tertiary alicyclic amines) is 1. The molecular formula is C16H24N2O2. The van der Waals surface area contributed by atoms with Gasteiger partial charge in [0.15, 0.2) is 0 Å². The van der Waals surface area contributed by atoms with E-state index in [2.05, 4.69) is 6.92 Å². The topological polar surface area (TPSA) is 55.6 Å². The second-order valence-electron chi connectivity index (χ2n) is 5.43. The molecular weight excluding hydrogens is 252 g/mol. The SMILES string of the molecule is CCCOC1CCCN(C(=O)c2c(C)cccc2N)C1. The number of rotatable bonds is 4. The number of ether oxygens (including phenoxy) is 1. The monoisotopic (exact) mass is 276 g/mol. The Bertz CT molecular complexity index is 453. The first-order valence-electron chi connectivity index (χ1n) is 7.39. The molecule has 2 N–H and O–H groups in total. The van der Waals surface area contributed by atoms with Crippen molar-refractivity contribution in [2.45, 2.75) is 39.2 Å². The van der Waals surface area contributed by atoms with E-state index in [1.165, 1.54) is 0 Å². The molecule has 1 heterocycles. The van der Waals surface area contributed by atoms with Crippen molar-refractivity contribution >= 4 is 11.6 Å². The quantitative estimate of drug-likeness (QED) is 0.860. The number of hydrogen-bond donors (Lipinski definition) is 1. The number of piperidine rings is 1. The molecule has 1 atom stereocenters. The summed E-state index contributed by atoms with van der Waals surface area (Å²) in [5.74, 6) is 0.0328. The lowest BCUT2D eigenvalue weighted by Crippen LogP contribution is -2.43. The van der Waals surface area contributed by atoms with Crippen LogP contribution in [0.15, 0.2) is 18.2 Å². The zero-order valence-corrected chi connectivity index (χ0v) is 12.4. The number of carbonyl (C=O) groups is 1. The van der Waals surface area contributed by atoms with Crippen LogP contribution >= 0.6 is 0 Å². The van der Waals surface area contributed by atoms with Crippen molar-refractivity contribution in [3.8, 4) is 0 Å². The van der Waals surface area contributed by atoms with Gasteiger partial charge < -0.3 is 15.4 Å². The predicted octanol–water partition coefficient (Wildman–Crippen LogP) is 2.61. The van der Waals surface area contributed by atoms with E-state index in [9.17, 15) is 4.79 Å². The number of nitrogen functional groups attached to an aromatic ring is 1. The molecule has 1 aliphatic rings. The molecule has 20 heavy (non-hydrogen) atoms. The highest BCUT2D eigenvalue weighted by Gasteiger charge is 2.26. The Labute approximate surface area is 120 Å². The van der Waals surface area contributed by atoms with Crippen LogP contribution in [0.25, 0.3) is 0 Å². The molecule has 0 bridgehead atoms. The molecule has 4 nitrogen and oxygen atoms in total. The van der Waals surface area contributed by atoms with E-state index in [4.69, 9.17) is 10.5 Å². The van der Waals surface area contributed by atoms with Gasteiger partial charge >= 0.3 is 0 Å². The van der Waals surface area contributed by atoms with Crippen molar-refractivity contribution in [3.05, 3.63) is 29.3 Å². The van der Waals surface area contributed by atoms with Crippen LogP contribution < -0.4 is 5.73 Å². The zero-order valence-electron chi connectivity index (χ0n) is 12.4. The van der Waals surface area contributed by atoms with Gasteiger partial charge in [0.2, 0.25) is 0 Å². The first-order valence-corrected chi connectivity index (χ1v) is 7.39. The highest BCUT2D eigenvalue weighted by molar-refractivity contribution is 6.00. The number of amides is 1. The maximum absolute atomic E-state index is 12.7. The van der Waals surface area contributed by atoms with E-state index in [1.807, 2.05) is 24.0 Å². The van der Waals surface area contributed by atoms with Gasteiger partial charge in [-0.15, -0.1) is 0 Å². The Morgan fingerprint density at radius 1 is 1.50 bits per heavy atom. The van der Waals surface area contributed by atoms with Crippen molar-refractivity contribution in [3.63, 3.8) is 0 Å². The van der Waals surface area contributed by atoms with Crippen molar-refractivity contribution in [2.24, 2.45) is 0 Å². The highest BCUT2D eigenvalue weighted by atomic mass is 16.5. The first-order chi connectivity index (χ1) is 9.63. The van der Waals surface area contributed by atoms with Gasteiger partial charge in [0, 0.05) is 25.4 Å². The Morgan fingerprint density at radius 3 is 3.00 bits per heavy atom. The van der Waals surface area contributed by atoms with Crippen LogP contribution in [0, 0.1) is 6.92 Å². The lowest BCUT2D eigenvalue weighted by Gasteiger charge is -2.33. The summed E-state index contributed by atoms with van der Waals surface area (Å²) < 4.78 is 5.78. The maximum Gasteiger partial charge on any atom is 0.256 e. The van der Waals surface area contributed by atoms with E-state index >= 15 is 0 Å². The van der Waals surface area contributed by atoms with Gasteiger partial charge in [-0.3, -0.25) is 4.79 Å². The fraction of sp³-hybridized carbons (Fsp3) is 0.562. The molecule has 1 aromatic carbocycles. The average Bonchev–Trinajstić information content (AvgIpc) is 2.45. The van der Waals surface area contributed by atoms with Gasteiger partial charge in [-0.2, -0.15) is 0 Å². The van der Waals surface area contributed by atoms with Crippen LogP contribution in [0.3, 0.4) is 0 Å². The number of benzene rings is 1. The fourth-order valence-corrected chi connectivity index (χ4v) is 2.68. The van der Waals surface area contributed by atoms with Gasteiger partial charge in [0.25, 0.3) is 5.91 Å². The summed E-state index contributed by atoms with van der Waals surface area (Å²) in [5, 5.41) is 0. The Kier molecular flexibility index (Phi) is 5.01. The third-order valence-electron chi connectivity index (χ3n) is 3.74. The van der Waals surface area contributed by atoms with Crippen LogP contribution in [0.5, 0.6) is 0 Å². The highest BCUT2D eigenvalue weighted by Crippen LogP contribution is 2.22. The molecule has 1 fully saturated rings. The molecule has 0 radical (unpaired) electrons. The van der Waals surface area contributed by atoms with E-state index in [1.54, 1.807) is 6.07 Å². The molecule has 2 rings (SSSR count). The molecule has 1 unspecified atom stereocenters. The lowest BCUT2D eigenvalue weighted by molar-refractivity contribution is 0.00212. The standard InChI is InChI=1S/C16H24N2O2/c1-3-10-20-13-7-5-9-18(11-13)16(19)15-12(2)6-4-8-14(15)17/h4,6,8,13H,3,5,7,9-11,17H2,1-2H3. The largest absolute Gasteiger partial charge is 0.398 e. The lowest BCUT2D eigenvalue weighted by atomic mass is 10.0. The number of aryl methyl sites for hydroxylation is 1. The van der Waals surface area contributed by atoms with Gasteiger partial charge in [-0.1, -0.05) is 19.1 Å². The predicted molar refractivity (Wildman–Crippen MR) is 80.8 cm³/mol. The minimum absolute atomic E-state index is 0.0328. The maximum atomic E-state index is 12.7. The van der Waals surface area contributed by atoms with Crippen LogP contribution in [0.2, 0.25) is 0 Å². The summed E-state index contributed by atoms with van der Waals surface area (Å²) in [4.78, 5) is 14.5. The number of nitrogens with two attached hydrogens (primary N) is 1. The Morgan fingerprint density at radius 2 is 2.30 bits per heavy atom. The van der Waals surface area contributed by atoms with E-state index in [-0.39, 0.29) is 12.0 Å². The first kappa shape index (κ1) is 14.9. The number of hydrogen-bond acceptors (Lipinski definition) is 3. The van der Waals surface area contributed by atoms with Gasteiger partial charge in [0.1, 0.15) is 0 Å². The smallest absolute Gasteiger partial charge is 0.256 e. The summed E-state index contributed by atoms with van der Waals surface area (Å²) >= 11 is 0. The summed E-state index contributed by atoms with van der Waals surface area (Å²) in [6, 6.07) is 5.60. The summed E-state index contributed by atoms with van der Waals surface area (Å²) in [6.45, 7) is 6.25. The Hall–Kier alpha value is -1.55. The van der Waals surface area contributed by atoms with Gasteiger partial charge in [-0.25, -0.2) is 0 Å². The molecule has 0 aliphatic carbocycles. The molecule has 110 valence electrons. The van der Waals surface area contributed by atoms with Crippen LogP contribution in [-0.2, 0) is 4.74 Å². The van der Waals surface area contributed by atoms with E-state index in [0.29, 0.717) is 17.8 Å². The molecule has 0 saturated carbocycles. The fourth-order valence-electron chi connectivity index (χ4n) is 2.68. The second kappa shape index (κ2) is 6.75. The zero-order chi connectivity index (χ0) is 14.5. The van der Waals surface area contributed by atoms with Crippen molar-refractivity contribution < 1.29 is 9.53 Å². The summed E-state index contributed by atoms with van der Waals surface area (Å²) in [5.41, 5.74) is 8.11. The molecule has 1 amide bonds. The van der Waals surface area contributed by atoms with Crippen LogP contribution in [0.4, 0.5) is 5.69 Å². The van der Waals surface area contributed by atoms with Crippen molar-refractivity contribution in [1.29, 1.82) is 0 Å². The molecule has 1 aromatic rings. The van der Waals surface area contributed by atoms with E-state index in [0.717, 1.165) is 38.0 Å². The molecule has 4 heteroatoms. The molecule has 0 aromatic heterocycles. The summed E-state index contributed by atoms with van der Waals surface area (Å²) in [6.07, 6.45) is 3.20. The van der Waals surface area contributed by atoms with Crippen LogP contribution in [0.1, 0.15) is 42.1 Å². The number of anilines is 1. The third-order valence-corrected chi connectivity index (χ3v) is 3.74. The average molecular weight is 276 g/mol.